The lowest BCUT2D eigenvalue weighted by Gasteiger charge is -2.15. The Hall–Kier alpha value is -4.10. The van der Waals surface area contributed by atoms with Crippen LogP contribution in [-0.2, 0) is 31.9 Å². The molecule has 0 saturated heterocycles. The lowest BCUT2D eigenvalue weighted by molar-refractivity contribution is -0.147. The lowest BCUT2D eigenvalue weighted by Crippen LogP contribution is -2.12. The number of ether oxygens (including phenoxy) is 3. The van der Waals surface area contributed by atoms with Gasteiger partial charge in [-0.3, -0.25) is 9.59 Å². The quantitative estimate of drug-likeness (QED) is 0.199. The molecule has 202 valence electrons. The molecule has 3 aromatic carbocycles. The average Bonchev–Trinajstić information content (AvgIpc) is 3.28. The summed E-state index contributed by atoms with van der Waals surface area (Å²) in [5.41, 5.74) is 5.20. The monoisotopic (exact) mass is 547 g/mol. The van der Waals surface area contributed by atoms with Crippen LogP contribution in [0.4, 0.5) is 0 Å². The molecule has 7 nitrogen and oxygen atoms in total. The number of halogens is 1. The highest BCUT2D eigenvalue weighted by atomic mass is 35.5. The van der Waals surface area contributed by atoms with Gasteiger partial charge >= 0.3 is 11.9 Å². The van der Waals surface area contributed by atoms with Crippen molar-refractivity contribution in [2.45, 2.75) is 39.7 Å². The van der Waals surface area contributed by atoms with E-state index in [1.807, 2.05) is 60.7 Å². The van der Waals surface area contributed by atoms with E-state index in [2.05, 4.69) is 5.16 Å². The number of carbonyl (C=O) groups excluding carboxylic acids is 2. The Bertz CT molecular complexity index is 1480. The second-order valence-corrected chi connectivity index (χ2v) is 9.41. The number of nitrogens with zero attached hydrogens (tertiary/aromatic N) is 1. The maximum atomic E-state index is 12.9. The van der Waals surface area contributed by atoms with E-state index in [1.54, 1.807) is 33.9 Å². The first kappa shape index (κ1) is 27.9. The molecule has 0 bridgehead atoms. The third-order valence-corrected chi connectivity index (χ3v) is 6.65. The summed E-state index contributed by atoms with van der Waals surface area (Å²) in [7, 11) is 1.60. The first-order valence-electron chi connectivity index (χ1n) is 12.6. The third kappa shape index (κ3) is 6.67. The summed E-state index contributed by atoms with van der Waals surface area (Å²) in [6, 6.07) is 20.5. The number of rotatable bonds is 10. The van der Waals surface area contributed by atoms with Gasteiger partial charge in [-0.05, 0) is 56.2 Å². The number of benzene rings is 3. The fourth-order valence-corrected chi connectivity index (χ4v) is 4.66. The van der Waals surface area contributed by atoms with Crippen LogP contribution in [0.25, 0.3) is 22.5 Å². The summed E-state index contributed by atoms with van der Waals surface area (Å²) >= 11 is 6.26. The molecule has 0 aliphatic heterocycles. The van der Waals surface area contributed by atoms with E-state index in [1.165, 1.54) is 0 Å². The number of hydrogen-bond acceptors (Lipinski definition) is 7. The molecule has 0 aliphatic carbocycles. The first-order valence-corrected chi connectivity index (χ1v) is 13.0. The van der Waals surface area contributed by atoms with Gasteiger partial charge in [-0.25, -0.2) is 0 Å². The fraction of sp³-hybridized carbons (Fsp3) is 0.258. The highest BCUT2D eigenvalue weighted by molar-refractivity contribution is 6.31. The fourth-order valence-electron chi connectivity index (χ4n) is 4.37. The maximum absolute atomic E-state index is 12.9. The van der Waals surface area contributed by atoms with E-state index in [0.717, 1.165) is 27.8 Å². The van der Waals surface area contributed by atoms with E-state index >= 15 is 0 Å². The van der Waals surface area contributed by atoms with Crippen molar-refractivity contribution in [1.29, 1.82) is 0 Å². The second-order valence-electron chi connectivity index (χ2n) is 9.00. The first-order chi connectivity index (χ1) is 18.8. The molecule has 0 N–H and O–H groups in total. The van der Waals surface area contributed by atoms with Gasteiger partial charge < -0.3 is 18.7 Å². The normalized spacial score (nSPS) is 11.6. The van der Waals surface area contributed by atoms with E-state index in [9.17, 15) is 9.59 Å². The van der Waals surface area contributed by atoms with Crippen LogP contribution in [0.3, 0.4) is 0 Å². The van der Waals surface area contributed by atoms with Crippen molar-refractivity contribution in [2.24, 2.45) is 0 Å². The summed E-state index contributed by atoms with van der Waals surface area (Å²) in [6.45, 7) is 5.68. The zero-order valence-corrected chi connectivity index (χ0v) is 23.1. The summed E-state index contributed by atoms with van der Waals surface area (Å²) in [6.07, 6.45) is -0.361. The van der Waals surface area contributed by atoms with Gasteiger partial charge in [0.2, 0.25) is 0 Å². The number of aromatic nitrogens is 1. The molecule has 1 heterocycles. The van der Waals surface area contributed by atoms with Gasteiger partial charge in [0.05, 0.1) is 32.3 Å². The van der Waals surface area contributed by atoms with Gasteiger partial charge in [0.25, 0.3) is 0 Å². The zero-order valence-electron chi connectivity index (χ0n) is 22.3. The Morgan fingerprint density at radius 3 is 2.49 bits per heavy atom. The molecule has 0 aliphatic rings. The zero-order chi connectivity index (χ0) is 27.9. The van der Waals surface area contributed by atoms with Crippen molar-refractivity contribution in [3.63, 3.8) is 0 Å². The van der Waals surface area contributed by atoms with Gasteiger partial charge in [0, 0.05) is 27.3 Å². The summed E-state index contributed by atoms with van der Waals surface area (Å²) in [5.74, 6) is 0.434. The van der Waals surface area contributed by atoms with E-state index in [-0.39, 0.29) is 18.8 Å². The number of esters is 2. The van der Waals surface area contributed by atoms with Crippen molar-refractivity contribution < 1.29 is 28.3 Å². The Balaban J connectivity index is 1.60. The van der Waals surface area contributed by atoms with Crippen LogP contribution in [-0.4, -0.2) is 30.8 Å². The van der Waals surface area contributed by atoms with Crippen LogP contribution in [0.5, 0.6) is 5.75 Å². The van der Waals surface area contributed by atoms with Crippen LogP contribution in [0.1, 0.15) is 42.3 Å². The van der Waals surface area contributed by atoms with Crippen molar-refractivity contribution in [3.8, 4) is 28.2 Å². The topological polar surface area (TPSA) is 87.9 Å². The molecule has 8 heteroatoms. The summed E-state index contributed by atoms with van der Waals surface area (Å²) in [4.78, 5) is 24.9. The summed E-state index contributed by atoms with van der Waals surface area (Å²) < 4.78 is 22.0. The molecule has 0 saturated carbocycles. The molecule has 0 spiro atoms. The number of hydrogen-bond donors (Lipinski definition) is 0. The Labute approximate surface area is 232 Å². The van der Waals surface area contributed by atoms with Crippen LogP contribution < -0.4 is 4.74 Å². The molecule has 1 atom stereocenters. The second kappa shape index (κ2) is 12.6. The van der Waals surface area contributed by atoms with Crippen molar-refractivity contribution in [2.75, 3.05) is 13.7 Å². The number of methoxy groups -OCH3 is 1. The van der Waals surface area contributed by atoms with Gasteiger partial charge in [-0.15, -0.1) is 0 Å². The van der Waals surface area contributed by atoms with Crippen molar-refractivity contribution in [1.82, 2.24) is 5.16 Å². The van der Waals surface area contributed by atoms with Gasteiger partial charge in [0.15, 0.2) is 5.76 Å². The average molecular weight is 548 g/mol. The molecule has 1 unspecified atom stereocenters. The largest absolute Gasteiger partial charge is 0.496 e. The maximum Gasteiger partial charge on any atom is 0.311 e. The summed E-state index contributed by atoms with van der Waals surface area (Å²) in [5, 5.41) is 4.66. The predicted molar refractivity (Wildman–Crippen MR) is 149 cm³/mol. The molecule has 0 radical (unpaired) electrons. The van der Waals surface area contributed by atoms with Crippen LogP contribution in [0.15, 0.2) is 71.3 Å². The van der Waals surface area contributed by atoms with Gasteiger partial charge in [-0.2, -0.15) is 0 Å². The molecule has 0 fully saturated rings. The molecule has 4 aromatic rings. The van der Waals surface area contributed by atoms with E-state index in [0.29, 0.717) is 34.4 Å². The highest BCUT2D eigenvalue weighted by Gasteiger charge is 2.22. The minimum atomic E-state index is -0.507. The molecule has 4 rings (SSSR count). The van der Waals surface area contributed by atoms with E-state index < -0.39 is 12.1 Å². The van der Waals surface area contributed by atoms with Crippen LogP contribution >= 0.6 is 11.6 Å². The van der Waals surface area contributed by atoms with Gasteiger partial charge in [-0.1, -0.05) is 59.2 Å². The van der Waals surface area contributed by atoms with Crippen LogP contribution in [0, 0.1) is 6.92 Å². The highest BCUT2D eigenvalue weighted by Crippen LogP contribution is 2.35. The van der Waals surface area contributed by atoms with Gasteiger partial charge in [0.1, 0.15) is 11.9 Å². The van der Waals surface area contributed by atoms with Crippen LogP contribution in [0.2, 0.25) is 5.02 Å². The minimum Gasteiger partial charge on any atom is -0.496 e. The molecule has 1 aromatic heterocycles. The SMILES string of the molecule is CCOC(=O)Cc1ccc(OC)c(-c2cccc(-c3onc(C)c3CC(=O)OC(C)c3ccccc3Cl)c2)c1. The van der Waals surface area contributed by atoms with E-state index in [4.69, 9.17) is 30.3 Å². The Morgan fingerprint density at radius 2 is 1.74 bits per heavy atom. The predicted octanol–water partition coefficient (Wildman–Crippen LogP) is 6.93. The third-order valence-electron chi connectivity index (χ3n) is 6.31. The number of carbonyl (C=O) groups is 2. The standard InChI is InChI=1S/C31H30ClNO6/c1-5-37-29(34)16-21-13-14-28(36-4)26(15-21)22-9-8-10-23(17-22)31-25(19(2)33-39-31)18-30(35)38-20(3)24-11-6-7-12-27(24)32/h6-15,17,20H,5,16,18H2,1-4H3. The molecular weight excluding hydrogens is 518 g/mol. The lowest BCUT2D eigenvalue weighted by atomic mass is 9.97. The molecular formula is C31H30ClNO6. The number of aryl methyl sites for hydroxylation is 1. The van der Waals surface area contributed by atoms with Crippen molar-refractivity contribution in [3.05, 3.63) is 94.1 Å². The Morgan fingerprint density at radius 1 is 0.974 bits per heavy atom. The smallest absolute Gasteiger partial charge is 0.311 e. The van der Waals surface area contributed by atoms with Crippen molar-refractivity contribution >= 4 is 23.5 Å². The Kier molecular flexibility index (Phi) is 9.04. The molecule has 0 amide bonds. The molecule has 39 heavy (non-hydrogen) atoms. The minimum absolute atomic E-state index is 0.0119.